The van der Waals surface area contributed by atoms with Crippen LogP contribution >= 0.6 is 11.8 Å². The average Bonchev–Trinajstić information content (AvgIpc) is 2.30. The van der Waals surface area contributed by atoms with Crippen molar-refractivity contribution >= 4 is 17.6 Å². The van der Waals surface area contributed by atoms with Gasteiger partial charge in [0, 0.05) is 12.6 Å². The fourth-order valence-corrected chi connectivity index (χ4v) is 1.97. The van der Waals surface area contributed by atoms with E-state index in [1.54, 1.807) is 0 Å². The molecule has 0 fully saturated rings. The van der Waals surface area contributed by atoms with Gasteiger partial charge in [0.2, 0.25) is 0 Å². The highest BCUT2D eigenvalue weighted by Gasteiger charge is 2.03. The molecule has 2 nitrogen and oxygen atoms in total. The maximum atomic E-state index is 13.2. The maximum Gasteiger partial charge on any atom is 0.168 e. The van der Waals surface area contributed by atoms with Crippen LogP contribution in [0.25, 0.3) is 0 Å². The standard InChI is InChI=1S/C12H18F2N2S/c1-17-7-5-3-2-4-6-15-12-11(14)8-10(13)9-16-12/h8-9H,2-7H2,1H3,(H,15,16). The van der Waals surface area contributed by atoms with Crippen molar-refractivity contribution in [1.82, 2.24) is 4.98 Å². The normalized spacial score (nSPS) is 10.5. The number of rotatable bonds is 8. The second-order valence-corrected chi connectivity index (χ2v) is 4.80. The molecular weight excluding hydrogens is 242 g/mol. The van der Waals surface area contributed by atoms with Gasteiger partial charge in [-0.1, -0.05) is 12.8 Å². The maximum absolute atomic E-state index is 13.2. The van der Waals surface area contributed by atoms with E-state index in [0.717, 1.165) is 25.1 Å². The topological polar surface area (TPSA) is 24.9 Å². The second kappa shape index (κ2) is 8.28. The van der Waals surface area contributed by atoms with Crippen molar-refractivity contribution in [3.63, 3.8) is 0 Å². The monoisotopic (exact) mass is 260 g/mol. The van der Waals surface area contributed by atoms with E-state index in [0.29, 0.717) is 6.54 Å². The third kappa shape index (κ3) is 5.86. The minimum Gasteiger partial charge on any atom is -0.368 e. The number of anilines is 1. The Morgan fingerprint density at radius 1 is 1.24 bits per heavy atom. The smallest absolute Gasteiger partial charge is 0.168 e. The third-order valence-electron chi connectivity index (χ3n) is 2.38. The van der Waals surface area contributed by atoms with E-state index in [1.807, 2.05) is 11.8 Å². The molecule has 0 unspecified atom stereocenters. The van der Waals surface area contributed by atoms with Gasteiger partial charge in [0.25, 0.3) is 0 Å². The predicted molar refractivity (Wildman–Crippen MR) is 69.5 cm³/mol. The lowest BCUT2D eigenvalue weighted by Crippen LogP contribution is -2.05. The SMILES string of the molecule is CSCCCCCCNc1ncc(F)cc1F. The van der Waals surface area contributed by atoms with Gasteiger partial charge in [-0.15, -0.1) is 0 Å². The molecule has 96 valence electrons. The Balaban J connectivity index is 2.14. The van der Waals surface area contributed by atoms with Gasteiger partial charge in [0.15, 0.2) is 11.6 Å². The van der Waals surface area contributed by atoms with Gasteiger partial charge in [-0.3, -0.25) is 0 Å². The van der Waals surface area contributed by atoms with Gasteiger partial charge in [-0.25, -0.2) is 13.8 Å². The number of unbranched alkanes of at least 4 members (excludes halogenated alkanes) is 3. The third-order valence-corrected chi connectivity index (χ3v) is 3.07. The summed E-state index contributed by atoms with van der Waals surface area (Å²) in [6.07, 6.45) is 7.64. The number of thioether (sulfide) groups is 1. The lowest BCUT2D eigenvalue weighted by atomic mass is 10.2. The molecule has 0 atom stereocenters. The molecule has 0 saturated carbocycles. The van der Waals surface area contributed by atoms with Crippen LogP contribution in [0, 0.1) is 11.6 Å². The van der Waals surface area contributed by atoms with Gasteiger partial charge in [-0.2, -0.15) is 11.8 Å². The van der Waals surface area contributed by atoms with Gasteiger partial charge < -0.3 is 5.32 Å². The van der Waals surface area contributed by atoms with Crippen molar-refractivity contribution in [3.05, 3.63) is 23.9 Å². The number of halogens is 2. The number of nitrogens with zero attached hydrogens (tertiary/aromatic N) is 1. The highest BCUT2D eigenvalue weighted by atomic mass is 32.2. The molecule has 0 saturated heterocycles. The molecule has 1 N–H and O–H groups in total. The summed E-state index contributed by atoms with van der Waals surface area (Å²) >= 11 is 1.85. The number of nitrogens with one attached hydrogen (secondary N) is 1. The van der Waals surface area contributed by atoms with Crippen LogP contribution in [-0.2, 0) is 0 Å². The second-order valence-electron chi connectivity index (χ2n) is 3.82. The summed E-state index contributed by atoms with van der Waals surface area (Å²) in [4.78, 5) is 3.66. The van der Waals surface area contributed by atoms with Gasteiger partial charge >= 0.3 is 0 Å². The Morgan fingerprint density at radius 3 is 2.71 bits per heavy atom. The average molecular weight is 260 g/mol. The summed E-state index contributed by atoms with van der Waals surface area (Å²) < 4.78 is 25.7. The Bertz CT molecular complexity index is 334. The Hall–Kier alpha value is -0.840. The summed E-state index contributed by atoms with van der Waals surface area (Å²) in [5.41, 5.74) is 0. The first-order chi connectivity index (χ1) is 8.24. The molecule has 1 heterocycles. The zero-order chi connectivity index (χ0) is 12.5. The first-order valence-corrected chi connectivity index (χ1v) is 7.17. The molecule has 0 spiro atoms. The minimum absolute atomic E-state index is 0.135. The number of aromatic nitrogens is 1. The molecule has 1 rings (SSSR count). The molecule has 1 aromatic rings. The minimum atomic E-state index is -0.648. The lowest BCUT2D eigenvalue weighted by Gasteiger charge is -2.06. The van der Waals surface area contributed by atoms with Crippen molar-refractivity contribution in [3.8, 4) is 0 Å². The van der Waals surface area contributed by atoms with Crippen molar-refractivity contribution in [1.29, 1.82) is 0 Å². The van der Waals surface area contributed by atoms with Crippen molar-refractivity contribution in [2.75, 3.05) is 23.9 Å². The molecule has 0 amide bonds. The Labute approximate surface area is 105 Å². The van der Waals surface area contributed by atoms with Gasteiger partial charge in [-0.05, 0) is 24.9 Å². The van der Waals surface area contributed by atoms with Crippen LogP contribution in [0.3, 0.4) is 0 Å². The molecule has 0 aromatic carbocycles. The first kappa shape index (κ1) is 14.2. The summed E-state index contributed by atoms with van der Waals surface area (Å²) in [5.74, 6) is 0.0506. The molecule has 17 heavy (non-hydrogen) atoms. The van der Waals surface area contributed by atoms with E-state index < -0.39 is 11.6 Å². The van der Waals surface area contributed by atoms with Crippen LogP contribution in [0.4, 0.5) is 14.6 Å². The molecule has 5 heteroatoms. The fourth-order valence-electron chi connectivity index (χ4n) is 1.48. The molecule has 0 radical (unpaired) electrons. The van der Waals surface area contributed by atoms with Gasteiger partial charge in [0.05, 0.1) is 6.20 Å². The van der Waals surface area contributed by atoms with E-state index >= 15 is 0 Å². The summed E-state index contributed by atoms with van der Waals surface area (Å²) in [5, 5.41) is 2.87. The molecule has 0 bridgehead atoms. The van der Waals surface area contributed by atoms with Crippen LogP contribution in [-0.4, -0.2) is 23.5 Å². The molecule has 0 aliphatic carbocycles. The Morgan fingerprint density at radius 2 is 2.00 bits per heavy atom. The van der Waals surface area contributed by atoms with Crippen LogP contribution in [0.1, 0.15) is 25.7 Å². The van der Waals surface area contributed by atoms with Crippen LogP contribution in [0.2, 0.25) is 0 Å². The van der Waals surface area contributed by atoms with E-state index in [-0.39, 0.29) is 5.82 Å². The van der Waals surface area contributed by atoms with Crippen molar-refractivity contribution < 1.29 is 8.78 Å². The fraction of sp³-hybridized carbons (Fsp3) is 0.583. The van der Waals surface area contributed by atoms with Crippen LogP contribution < -0.4 is 5.32 Å². The zero-order valence-electron chi connectivity index (χ0n) is 10.0. The van der Waals surface area contributed by atoms with E-state index in [1.165, 1.54) is 18.6 Å². The number of hydrogen-bond acceptors (Lipinski definition) is 3. The summed E-state index contributed by atoms with van der Waals surface area (Å²) in [6, 6.07) is 0.841. The largest absolute Gasteiger partial charge is 0.368 e. The zero-order valence-corrected chi connectivity index (χ0v) is 10.8. The number of pyridine rings is 1. The van der Waals surface area contributed by atoms with Gasteiger partial charge in [0.1, 0.15) is 5.82 Å². The number of hydrogen-bond donors (Lipinski definition) is 1. The molecule has 0 aliphatic heterocycles. The molecule has 0 aliphatic rings. The predicted octanol–water partition coefficient (Wildman–Crippen LogP) is 3.70. The highest BCUT2D eigenvalue weighted by molar-refractivity contribution is 7.98. The first-order valence-electron chi connectivity index (χ1n) is 5.78. The molecular formula is C12H18F2N2S. The summed E-state index contributed by atoms with van der Waals surface area (Å²) in [7, 11) is 0. The lowest BCUT2D eigenvalue weighted by molar-refractivity contribution is 0.574. The van der Waals surface area contributed by atoms with E-state index in [2.05, 4.69) is 16.6 Å². The molecule has 1 aromatic heterocycles. The van der Waals surface area contributed by atoms with Crippen molar-refractivity contribution in [2.24, 2.45) is 0 Å². The van der Waals surface area contributed by atoms with Crippen molar-refractivity contribution in [2.45, 2.75) is 25.7 Å². The summed E-state index contributed by atoms with van der Waals surface area (Å²) in [6.45, 7) is 0.675. The quantitative estimate of drug-likeness (QED) is 0.721. The highest BCUT2D eigenvalue weighted by Crippen LogP contribution is 2.11. The van der Waals surface area contributed by atoms with E-state index in [9.17, 15) is 8.78 Å². The van der Waals surface area contributed by atoms with Crippen LogP contribution in [0.5, 0.6) is 0 Å². The van der Waals surface area contributed by atoms with E-state index in [4.69, 9.17) is 0 Å². The van der Waals surface area contributed by atoms with Crippen LogP contribution in [0.15, 0.2) is 12.3 Å². The Kier molecular flexibility index (Phi) is 6.93.